The van der Waals surface area contributed by atoms with Crippen molar-refractivity contribution in [3.8, 4) is 0 Å². The SMILES string of the molecule is CC(O)(c1ccc(B2OC(C)(C)C(C)(C)O2)cc1)c1cccc(C2CC2(F)F)c1. The Labute approximate surface area is 171 Å². The van der Waals surface area contributed by atoms with Gasteiger partial charge in [0.1, 0.15) is 5.60 Å². The predicted octanol–water partition coefficient (Wildman–Crippen LogP) is 4.36. The van der Waals surface area contributed by atoms with E-state index in [0.717, 1.165) is 5.46 Å². The molecule has 4 rings (SSSR count). The summed E-state index contributed by atoms with van der Waals surface area (Å²) in [6, 6.07) is 14.3. The monoisotopic (exact) mass is 400 g/mol. The van der Waals surface area contributed by atoms with Crippen molar-refractivity contribution in [2.45, 2.75) is 69.7 Å². The van der Waals surface area contributed by atoms with E-state index in [1.165, 1.54) is 0 Å². The van der Waals surface area contributed by atoms with E-state index in [0.29, 0.717) is 16.7 Å². The van der Waals surface area contributed by atoms with E-state index in [-0.39, 0.29) is 6.42 Å². The summed E-state index contributed by atoms with van der Waals surface area (Å²) in [5.74, 6) is -3.38. The molecule has 2 unspecified atom stereocenters. The summed E-state index contributed by atoms with van der Waals surface area (Å²) in [4.78, 5) is 0. The fraction of sp³-hybridized carbons (Fsp3) is 0.478. The fourth-order valence-corrected chi connectivity index (χ4v) is 3.74. The standard InChI is InChI=1S/C23H27BF2O3/c1-20(2)21(3,4)29-24(28-20)18-11-9-16(10-12-18)22(5,27)17-8-6-7-15(13-17)19-14-23(19,25)26/h6-13,19,27H,14H2,1-5H3. The summed E-state index contributed by atoms with van der Waals surface area (Å²) in [6.07, 6.45) is -0.124. The molecule has 6 heteroatoms. The molecule has 2 aromatic carbocycles. The minimum atomic E-state index is -2.63. The van der Waals surface area contributed by atoms with E-state index in [4.69, 9.17) is 9.31 Å². The number of benzene rings is 2. The fourth-order valence-electron chi connectivity index (χ4n) is 3.74. The molecule has 29 heavy (non-hydrogen) atoms. The highest BCUT2D eigenvalue weighted by Gasteiger charge is 2.57. The lowest BCUT2D eigenvalue weighted by molar-refractivity contribution is 0.00578. The Morgan fingerprint density at radius 1 is 0.966 bits per heavy atom. The van der Waals surface area contributed by atoms with Crippen molar-refractivity contribution in [2.75, 3.05) is 0 Å². The third-order valence-electron chi connectivity index (χ3n) is 6.68. The number of aliphatic hydroxyl groups is 1. The van der Waals surface area contributed by atoms with Crippen molar-refractivity contribution in [2.24, 2.45) is 0 Å². The summed E-state index contributed by atoms with van der Waals surface area (Å²) in [5, 5.41) is 11.2. The lowest BCUT2D eigenvalue weighted by atomic mass is 9.77. The highest BCUT2D eigenvalue weighted by atomic mass is 19.3. The van der Waals surface area contributed by atoms with Crippen LogP contribution >= 0.6 is 0 Å². The average Bonchev–Trinajstić information content (AvgIpc) is 3.22. The van der Waals surface area contributed by atoms with Crippen LogP contribution in [0, 0.1) is 0 Å². The third-order valence-corrected chi connectivity index (χ3v) is 6.68. The lowest BCUT2D eigenvalue weighted by Crippen LogP contribution is -2.41. The Kier molecular flexibility index (Phi) is 4.51. The van der Waals surface area contributed by atoms with Crippen molar-refractivity contribution in [1.29, 1.82) is 0 Å². The molecule has 0 amide bonds. The molecule has 0 radical (unpaired) electrons. The average molecular weight is 400 g/mol. The number of halogens is 2. The van der Waals surface area contributed by atoms with Crippen molar-refractivity contribution in [3.05, 3.63) is 65.2 Å². The molecule has 0 aromatic heterocycles. The van der Waals surface area contributed by atoms with Gasteiger partial charge < -0.3 is 14.4 Å². The maximum Gasteiger partial charge on any atom is 0.494 e. The van der Waals surface area contributed by atoms with Gasteiger partial charge in [-0.1, -0.05) is 48.5 Å². The lowest BCUT2D eigenvalue weighted by Gasteiger charge is -2.32. The zero-order valence-corrected chi connectivity index (χ0v) is 17.5. The van der Waals surface area contributed by atoms with Gasteiger partial charge in [0, 0.05) is 6.42 Å². The van der Waals surface area contributed by atoms with Crippen LogP contribution in [-0.2, 0) is 14.9 Å². The van der Waals surface area contributed by atoms with Crippen LogP contribution in [0.4, 0.5) is 8.78 Å². The van der Waals surface area contributed by atoms with Gasteiger partial charge in [-0.15, -0.1) is 0 Å². The summed E-state index contributed by atoms with van der Waals surface area (Å²) in [7, 11) is -0.473. The molecule has 2 fully saturated rings. The number of hydrogen-bond acceptors (Lipinski definition) is 3. The largest absolute Gasteiger partial charge is 0.494 e. The smallest absolute Gasteiger partial charge is 0.399 e. The molecule has 1 aliphatic carbocycles. The molecule has 3 nitrogen and oxygen atoms in total. The van der Waals surface area contributed by atoms with Crippen molar-refractivity contribution in [3.63, 3.8) is 0 Å². The van der Waals surface area contributed by atoms with Gasteiger partial charge in [-0.25, -0.2) is 8.78 Å². The van der Waals surface area contributed by atoms with E-state index in [2.05, 4.69) is 0 Å². The number of rotatable bonds is 4. The van der Waals surface area contributed by atoms with Gasteiger partial charge in [0.05, 0.1) is 17.1 Å². The third kappa shape index (κ3) is 3.52. The summed E-state index contributed by atoms with van der Waals surface area (Å²) < 4.78 is 39.0. The molecule has 154 valence electrons. The van der Waals surface area contributed by atoms with Gasteiger partial charge in [0.15, 0.2) is 0 Å². The second-order valence-corrected chi connectivity index (χ2v) is 9.43. The Morgan fingerprint density at radius 3 is 2.03 bits per heavy atom. The molecule has 2 atom stereocenters. The van der Waals surface area contributed by atoms with Crippen molar-refractivity contribution < 1.29 is 23.2 Å². The van der Waals surface area contributed by atoms with E-state index < -0.39 is 35.8 Å². The van der Waals surface area contributed by atoms with Crippen molar-refractivity contribution >= 4 is 12.6 Å². The van der Waals surface area contributed by atoms with Crippen LogP contribution in [0.15, 0.2) is 48.5 Å². The topological polar surface area (TPSA) is 38.7 Å². The summed E-state index contributed by atoms with van der Waals surface area (Å²) in [6.45, 7) is 9.69. The second-order valence-electron chi connectivity index (χ2n) is 9.43. The van der Waals surface area contributed by atoms with E-state index >= 15 is 0 Å². The summed E-state index contributed by atoms with van der Waals surface area (Å²) in [5.41, 5.74) is 0.573. The molecule has 2 aromatic rings. The quantitative estimate of drug-likeness (QED) is 0.775. The number of hydrogen-bond donors (Lipinski definition) is 1. The molecule has 1 aliphatic heterocycles. The van der Waals surface area contributed by atoms with E-state index in [9.17, 15) is 13.9 Å². The zero-order chi connectivity index (χ0) is 21.2. The Balaban J connectivity index is 1.57. The molecule has 1 N–H and O–H groups in total. The number of alkyl halides is 2. The van der Waals surface area contributed by atoms with Crippen LogP contribution in [-0.4, -0.2) is 29.3 Å². The van der Waals surface area contributed by atoms with Gasteiger partial charge in [-0.3, -0.25) is 0 Å². The molecule has 0 spiro atoms. The van der Waals surface area contributed by atoms with Crippen LogP contribution in [0.25, 0.3) is 0 Å². The van der Waals surface area contributed by atoms with E-state index in [1.807, 2.05) is 52.0 Å². The predicted molar refractivity (Wildman–Crippen MR) is 110 cm³/mol. The highest BCUT2D eigenvalue weighted by molar-refractivity contribution is 6.62. The Bertz CT molecular complexity index is 906. The van der Waals surface area contributed by atoms with Crippen LogP contribution in [0.2, 0.25) is 0 Å². The zero-order valence-electron chi connectivity index (χ0n) is 17.5. The molecule has 0 bridgehead atoms. The van der Waals surface area contributed by atoms with Crippen LogP contribution in [0.3, 0.4) is 0 Å². The molecule has 1 heterocycles. The normalized spacial score (nSPS) is 26.2. The highest BCUT2D eigenvalue weighted by Crippen LogP contribution is 2.56. The van der Waals surface area contributed by atoms with Gasteiger partial charge in [-0.05, 0) is 56.8 Å². The Hall–Kier alpha value is -1.76. The first-order valence-corrected chi connectivity index (χ1v) is 10.0. The first-order valence-electron chi connectivity index (χ1n) is 10.0. The maximum atomic E-state index is 13.4. The van der Waals surface area contributed by atoms with Gasteiger partial charge >= 0.3 is 7.12 Å². The maximum absolute atomic E-state index is 13.4. The second kappa shape index (κ2) is 6.37. The first-order chi connectivity index (χ1) is 13.3. The molecular formula is C23H27BF2O3. The molecular weight excluding hydrogens is 373 g/mol. The molecule has 1 saturated carbocycles. The van der Waals surface area contributed by atoms with Crippen LogP contribution in [0.1, 0.15) is 63.6 Å². The summed E-state index contributed by atoms with van der Waals surface area (Å²) >= 11 is 0. The van der Waals surface area contributed by atoms with Gasteiger partial charge in [-0.2, -0.15) is 0 Å². The minimum absolute atomic E-state index is 0.124. The van der Waals surface area contributed by atoms with Crippen LogP contribution in [0.5, 0.6) is 0 Å². The van der Waals surface area contributed by atoms with Crippen molar-refractivity contribution in [1.82, 2.24) is 0 Å². The molecule has 1 saturated heterocycles. The van der Waals surface area contributed by atoms with E-state index in [1.54, 1.807) is 31.2 Å². The first kappa shape index (κ1) is 20.5. The van der Waals surface area contributed by atoms with Gasteiger partial charge in [0.25, 0.3) is 5.92 Å². The minimum Gasteiger partial charge on any atom is -0.399 e. The Morgan fingerprint density at radius 2 is 1.52 bits per heavy atom. The van der Waals surface area contributed by atoms with Gasteiger partial charge in [0.2, 0.25) is 0 Å². The van der Waals surface area contributed by atoms with Crippen LogP contribution < -0.4 is 5.46 Å². The molecule has 2 aliphatic rings.